The Balaban J connectivity index is 0.00000265. The average Bonchev–Trinajstić information content (AvgIpc) is 3.63. The molecule has 0 radical (unpaired) electrons. The summed E-state index contributed by atoms with van der Waals surface area (Å²) in [6.45, 7) is 19.7. The van der Waals surface area contributed by atoms with Crippen LogP contribution >= 0.6 is 11.6 Å². The van der Waals surface area contributed by atoms with E-state index in [9.17, 15) is 14.4 Å². The van der Waals surface area contributed by atoms with Crippen LogP contribution in [0.25, 0.3) is 22.3 Å². The third-order valence-corrected chi connectivity index (χ3v) is 8.76. The summed E-state index contributed by atoms with van der Waals surface area (Å²) in [6.07, 6.45) is 2.84. The molecule has 0 saturated heterocycles. The van der Waals surface area contributed by atoms with Crippen molar-refractivity contribution in [3.63, 3.8) is 0 Å². The van der Waals surface area contributed by atoms with Gasteiger partial charge in [0.25, 0.3) is 17.4 Å². The first-order chi connectivity index (χ1) is 23.6. The van der Waals surface area contributed by atoms with Gasteiger partial charge in [0, 0.05) is 23.7 Å². The van der Waals surface area contributed by atoms with E-state index in [4.69, 9.17) is 42.5 Å². The molecule has 0 spiro atoms. The number of anilines is 1. The van der Waals surface area contributed by atoms with Gasteiger partial charge >= 0.3 is 12.1 Å². The van der Waals surface area contributed by atoms with Crippen molar-refractivity contribution in [2.75, 3.05) is 18.1 Å². The number of rotatable bonds is 8. The summed E-state index contributed by atoms with van der Waals surface area (Å²) < 4.78 is 14.1. The van der Waals surface area contributed by atoms with Crippen molar-refractivity contribution < 1.29 is 33.3 Å². The second-order valence-electron chi connectivity index (χ2n) is 12.0. The molecule has 0 N–H and O–H groups in total. The van der Waals surface area contributed by atoms with Crippen molar-refractivity contribution in [2.24, 2.45) is 22.7 Å². The Hall–Kier alpha value is -5.15. The van der Waals surface area contributed by atoms with Gasteiger partial charge in [-0.3, -0.25) is 9.59 Å². The van der Waals surface area contributed by atoms with E-state index in [-0.39, 0.29) is 60.0 Å². The normalized spacial score (nSPS) is 20.3. The van der Waals surface area contributed by atoms with Gasteiger partial charge in [-0.05, 0) is 67.9 Å². The van der Waals surface area contributed by atoms with Crippen LogP contribution in [0.15, 0.2) is 59.2 Å². The highest BCUT2D eigenvalue weighted by atomic mass is 35.5. The van der Waals surface area contributed by atoms with Gasteiger partial charge in [0.2, 0.25) is 11.7 Å². The quantitative estimate of drug-likeness (QED) is 0.150. The van der Waals surface area contributed by atoms with E-state index in [2.05, 4.69) is 25.6 Å². The van der Waals surface area contributed by atoms with Crippen molar-refractivity contribution in [1.82, 2.24) is 9.67 Å². The van der Waals surface area contributed by atoms with Gasteiger partial charge in [-0.2, -0.15) is 0 Å². The molecule has 49 heavy (non-hydrogen) atoms. The molecular formula is C36H40ClN6O6+. The fraction of sp³-hybridized carbons (Fsp3) is 0.389. The highest BCUT2D eigenvalue weighted by molar-refractivity contribution is 6.33. The number of carbonyl (C=O) groups excluding carboxylic acids is 4. The first-order valence-corrected chi connectivity index (χ1v) is 16.5. The maximum Gasteiger partial charge on any atom is 0.483 e. The van der Waals surface area contributed by atoms with Gasteiger partial charge in [0.15, 0.2) is 5.69 Å². The number of allylic oxidation sites excluding steroid dienone is 1. The second kappa shape index (κ2) is 16.3. The van der Waals surface area contributed by atoms with E-state index in [1.165, 1.54) is 20.2 Å². The highest BCUT2D eigenvalue weighted by Crippen LogP contribution is 2.36. The molecule has 2 aliphatic rings. The van der Waals surface area contributed by atoms with Crippen LogP contribution in [0.2, 0.25) is 5.02 Å². The number of aliphatic imine (C=N–C) groups is 1. The Kier molecular flexibility index (Phi) is 12.2. The van der Waals surface area contributed by atoms with Gasteiger partial charge in [-0.1, -0.05) is 62.6 Å². The lowest BCUT2D eigenvalue weighted by molar-refractivity contribution is -0.616. The number of esters is 1. The molecule has 2 atom stereocenters. The lowest BCUT2D eigenvalue weighted by atomic mass is 9.75. The Labute approximate surface area is 290 Å². The maximum absolute atomic E-state index is 14.0. The van der Waals surface area contributed by atoms with Gasteiger partial charge in [-0.25, -0.2) is 9.64 Å². The Bertz CT molecular complexity index is 1800. The summed E-state index contributed by atoms with van der Waals surface area (Å²) >= 11 is 6.68. The third kappa shape index (κ3) is 7.95. The van der Waals surface area contributed by atoms with Crippen molar-refractivity contribution in [3.05, 3.63) is 76.5 Å². The van der Waals surface area contributed by atoms with E-state index in [1.807, 2.05) is 37.1 Å². The second-order valence-corrected chi connectivity index (χ2v) is 12.4. The van der Waals surface area contributed by atoms with Crippen LogP contribution in [0.5, 0.6) is 0 Å². The number of ether oxygens (including phenoxy) is 2. The maximum atomic E-state index is 14.0. The molecule has 1 amide bonds. The number of carbonyl (C=O) groups is 4. The number of halogens is 1. The first kappa shape index (κ1) is 36.7. The van der Waals surface area contributed by atoms with Gasteiger partial charge < -0.3 is 19.2 Å². The summed E-state index contributed by atoms with van der Waals surface area (Å²) in [5.41, 5.74) is 1.55. The fourth-order valence-electron chi connectivity index (χ4n) is 6.43. The van der Waals surface area contributed by atoms with Gasteiger partial charge in [0.05, 0.1) is 18.2 Å². The number of fused-ring (bicyclic) bond motifs is 1. The number of hydrogen-bond acceptors (Lipinski definition) is 8. The molecule has 256 valence electrons. The van der Waals surface area contributed by atoms with Crippen molar-refractivity contribution in [1.29, 1.82) is 0 Å². The molecule has 1 aliphatic heterocycles. The summed E-state index contributed by atoms with van der Waals surface area (Å²) in [5, 5.41) is 4.95. The molecule has 1 fully saturated rings. The number of hydrogen-bond donors (Lipinski definition) is 0. The van der Waals surface area contributed by atoms with E-state index in [0.29, 0.717) is 34.5 Å². The Morgan fingerprint density at radius 1 is 1.10 bits per heavy atom. The minimum Gasteiger partial charge on any atom is -0.465 e. The molecule has 0 bridgehead atoms. The molecule has 5 rings (SSSR count). The summed E-state index contributed by atoms with van der Waals surface area (Å²) in [4.78, 5) is 56.5. The zero-order valence-corrected chi connectivity index (χ0v) is 29.0. The fourth-order valence-corrected chi connectivity index (χ4v) is 6.64. The molecule has 2 heterocycles. The minimum atomic E-state index is -0.574. The van der Waals surface area contributed by atoms with Crippen molar-refractivity contribution >= 4 is 59.6 Å². The van der Waals surface area contributed by atoms with Gasteiger partial charge in [-0.15, -0.1) is 14.2 Å². The summed E-state index contributed by atoms with van der Waals surface area (Å²) in [7, 11) is 0. The monoisotopic (exact) mass is 687 g/mol. The van der Waals surface area contributed by atoms with Crippen LogP contribution < -0.4 is 9.58 Å². The van der Waals surface area contributed by atoms with E-state index < -0.39 is 12.1 Å². The first-order valence-electron chi connectivity index (χ1n) is 16.1. The highest BCUT2D eigenvalue weighted by Gasteiger charge is 2.41. The molecule has 2 aromatic carbocycles. The molecule has 13 heteroatoms. The van der Waals surface area contributed by atoms with Crippen LogP contribution in [0, 0.1) is 24.3 Å². The lowest BCUT2D eigenvalue weighted by Gasteiger charge is -2.36. The molecule has 1 aromatic heterocycles. The van der Waals surface area contributed by atoms with Crippen molar-refractivity contribution in [2.45, 2.75) is 60.0 Å². The van der Waals surface area contributed by atoms with Crippen molar-refractivity contribution in [3.8, 4) is 11.4 Å². The molecule has 1 saturated carbocycles. The number of nitrogens with zero attached hydrogens (tertiary/aromatic N) is 6. The minimum absolute atomic E-state index is 0.159. The molecule has 1 aliphatic carbocycles. The Morgan fingerprint density at radius 3 is 2.37 bits per heavy atom. The predicted molar refractivity (Wildman–Crippen MR) is 185 cm³/mol. The molecular weight excluding hydrogens is 648 g/mol. The van der Waals surface area contributed by atoms with E-state index >= 15 is 0 Å². The average molecular weight is 688 g/mol. The third-order valence-electron chi connectivity index (χ3n) is 8.46. The van der Waals surface area contributed by atoms with Crippen LogP contribution in [0.1, 0.15) is 59.7 Å². The SMILES string of the molecule is C=O.[C-]#[N+]C1=Cc2n(C(=O)OC3C(C)CC(C)CC3C)c(-c3ccccc3)n[n+]2C1=Nc1ccc(N(CC(=O)OCC)C(=O)CC)cc1Cl. The topological polar surface area (TPSA) is 128 Å². The van der Waals surface area contributed by atoms with Crippen LogP contribution in [-0.2, 0) is 23.9 Å². The van der Waals surface area contributed by atoms with Crippen LogP contribution in [0.3, 0.4) is 0 Å². The molecule has 2 unspecified atom stereocenters. The summed E-state index contributed by atoms with van der Waals surface area (Å²) in [5.74, 6) is 0.969. The largest absolute Gasteiger partial charge is 0.483 e. The Morgan fingerprint density at radius 2 is 1.78 bits per heavy atom. The number of amides is 1. The predicted octanol–water partition coefficient (Wildman–Crippen LogP) is 6.52. The van der Waals surface area contributed by atoms with E-state index in [1.54, 1.807) is 32.1 Å². The standard InChI is InChI=1S/C35H38ClN6O5.CH2O/c1-7-30(43)40(20-31(44)46-8-2)25-14-15-27(26(36)18-25)38-34-28(37-6)19-29-41(33(39-42(29)34)24-12-10-9-11-13-24)35(45)47-32-22(4)16-21(3)17-23(32)5;1-2/h9-15,18-19,21-23,32H,7-8,16-17,20H2,1-5H3;1H2/q+1;. The molecule has 3 aromatic rings. The number of benzene rings is 2. The van der Waals surface area contributed by atoms with Crippen LogP contribution in [-0.4, -0.2) is 59.5 Å². The van der Waals surface area contributed by atoms with E-state index in [0.717, 1.165) is 12.8 Å². The molecule has 12 nitrogen and oxygen atoms in total. The zero-order valence-electron chi connectivity index (χ0n) is 28.3. The van der Waals surface area contributed by atoms with Crippen LogP contribution in [0.4, 0.5) is 16.2 Å². The number of aromatic nitrogens is 3. The lowest BCUT2D eigenvalue weighted by Crippen LogP contribution is -2.45. The summed E-state index contributed by atoms with van der Waals surface area (Å²) in [6, 6.07) is 14.0. The zero-order chi connectivity index (χ0) is 35.8. The smallest absolute Gasteiger partial charge is 0.465 e. The van der Waals surface area contributed by atoms with Gasteiger partial charge in [0.1, 0.15) is 19.4 Å².